The summed E-state index contributed by atoms with van der Waals surface area (Å²) in [7, 11) is 1.82. The SMILES string of the molecule is CCC(N)Cc1ccc(N2CCC(C)C(OC)C2)cc1Br. The maximum Gasteiger partial charge on any atom is 0.0772 e. The van der Waals surface area contributed by atoms with Gasteiger partial charge in [0, 0.05) is 36.4 Å². The van der Waals surface area contributed by atoms with E-state index >= 15 is 0 Å². The van der Waals surface area contributed by atoms with E-state index in [1.165, 1.54) is 17.7 Å². The average Bonchev–Trinajstić information content (AvgIpc) is 2.49. The summed E-state index contributed by atoms with van der Waals surface area (Å²) in [6, 6.07) is 6.88. The molecule has 1 heterocycles. The molecule has 1 saturated heterocycles. The van der Waals surface area contributed by atoms with Crippen LogP contribution in [0.2, 0.25) is 0 Å². The quantitative estimate of drug-likeness (QED) is 0.877. The Kier molecular flexibility index (Phi) is 6.08. The van der Waals surface area contributed by atoms with Gasteiger partial charge in [-0.3, -0.25) is 0 Å². The molecule has 1 fully saturated rings. The molecule has 0 bridgehead atoms. The van der Waals surface area contributed by atoms with Crippen molar-refractivity contribution >= 4 is 21.6 Å². The molecular formula is C17H27BrN2O. The minimum atomic E-state index is 0.237. The van der Waals surface area contributed by atoms with Crippen molar-refractivity contribution in [2.24, 2.45) is 11.7 Å². The average molecular weight is 355 g/mol. The van der Waals surface area contributed by atoms with E-state index in [-0.39, 0.29) is 6.04 Å². The second-order valence-electron chi connectivity index (χ2n) is 6.13. The maximum absolute atomic E-state index is 6.06. The molecule has 0 aromatic heterocycles. The standard InChI is InChI=1S/C17H27BrN2O/c1-4-14(19)9-13-5-6-15(10-16(13)18)20-8-7-12(2)17(11-20)21-3/h5-6,10,12,14,17H,4,7-9,11,19H2,1-3H3. The highest BCUT2D eigenvalue weighted by Gasteiger charge is 2.26. The molecule has 3 atom stereocenters. The van der Waals surface area contributed by atoms with E-state index in [0.29, 0.717) is 12.0 Å². The third-order valence-corrected chi connectivity index (χ3v) is 5.34. The van der Waals surface area contributed by atoms with Crippen molar-refractivity contribution in [2.75, 3.05) is 25.1 Å². The Hall–Kier alpha value is -0.580. The highest BCUT2D eigenvalue weighted by Crippen LogP contribution is 2.29. The van der Waals surface area contributed by atoms with E-state index in [0.717, 1.165) is 30.4 Å². The summed E-state index contributed by atoms with van der Waals surface area (Å²) in [5.41, 5.74) is 8.62. The first kappa shape index (κ1) is 16.8. The van der Waals surface area contributed by atoms with Gasteiger partial charge >= 0.3 is 0 Å². The highest BCUT2D eigenvalue weighted by molar-refractivity contribution is 9.10. The first-order valence-corrected chi connectivity index (χ1v) is 8.66. The van der Waals surface area contributed by atoms with Gasteiger partial charge in [-0.1, -0.05) is 35.8 Å². The summed E-state index contributed by atoms with van der Waals surface area (Å²) >= 11 is 3.70. The van der Waals surface area contributed by atoms with Gasteiger partial charge in [0.05, 0.1) is 6.10 Å². The number of rotatable bonds is 5. The lowest BCUT2D eigenvalue weighted by molar-refractivity contribution is 0.0498. The summed E-state index contributed by atoms with van der Waals surface area (Å²) in [6.45, 7) is 6.47. The van der Waals surface area contributed by atoms with Gasteiger partial charge in [0.15, 0.2) is 0 Å². The van der Waals surface area contributed by atoms with E-state index < -0.39 is 0 Å². The van der Waals surface area contributed by atoms with Crippen LogP contribution < -0.4 is 10.6 Å². The number of methoxy groups -OCH3 is 1. The fourth-order valence-corrected chi connectivity index (χ4v) is 3.43. The third kappa shape index (κ3) is 4.21. The predicted molar refractivity (Wildman–Crippen MR) is 92.9 cm³/mol. The Morgan fingerprint density at radius 1 is 1.48 bits per heavy atom. The van der Waals surface area contributed by atoms with Crippen molar-refractivity contribution < 1.29 is 4.74 Å². The molecule has 118 valence electrons. The van der Waals surface area contributed by atoms with Crippen molar-refractivity contribution in [3.8, 4) is 0 Å². The van der Waals surface area contributed by atoms with Crippen LogP contribution in [0, 0.1) is 5.92 Å². The Balaban J connectivity index is 2.09. The number of benzene rings is 1. The Morgan fingerprint density at radius 2 is 2.24 bits per heavy atom. The van der Waals surface area contributed by atoms with Crippen LogP contribution in [0.1, 0.15) is 32.3 Å². The van der Waals surface area contributed by atoms with E-state index in [2.05, 4.69) is 52.9 Å². The van der Waals surface area contributed by atoms with Gasteiger partial charge < -0.3 is 15.4 Å². The summed E-state index contributed by atoms with van der Waals surface area (Å²) in [5, 5.41) is 0. The summed E-state index contributed by atoms with van der Waals surface area (Å²) in [5.74, 6) is 0.636. The molecule has 0 aliphatic carbocycles. The Morgan fingerprint density at radius 3 is 2.86 bits per heavy atom. The zero-order chi connectivity index (χ0) is 15.4. The fraction of sp³-hybridized carbons (Fsp3) is 0.647. The molecule has 0 saturated carbocycles. The van der Waals surface area contributed by atoms with Crippen LogP contribution in [-0.4, -0.2) is 32.3 Å². The van der Waals surface area contributed by atoms with E-state index in [1.54, 1.807) is 0 Å². The molecule has 2 N–H and O–H groups in total. The zero-order valence-electron chi connectivity index (χ0n) is 13.3. The van der Waals surface area contributed by atoms with Gasteiger partial charge in [-0.25, -0.2) is 0 Å². The van der Waals surface area contributed by atoms with Crippen LogP contribution in [0.15, 0.2) is 22.7 Å². The third-order valence-electron chi connectivity index (χ3n) is 4.60. The highest BCUT2D eigenvalue weighted by atomic mass is 79.9. The summed E-state index contributed by atoms with van der Waals surface area (Å²) in [4.78, 5) is 2.42. The van der Waals surface area contributed by atoms with Crippen molar-refractivity contribution in [1.29, 1.82) is 0 Å². The number of nitrogens with zero attached hydrogens (tertiary/aromatic N) is 1. The van der Waals surface area contributed by atoms with Crippen molar-refractivity contribution in [1.82, 2.24) is 0 Å². The van der Waals surface area contributed by atoms with Crippen molar-refractivity contribution in [2.45, 2.75) is 45.3 Å². The normalized spacial score (nSPS) is 24.1. The van der Waals surface area contributed by atoms with Gasteiger partial charge in [-0.15, -0.1) is 0 Å². The van der Waals surface area contributed by atoms with Gasteiger partial charge in [0.25, 0.3) is 0 Å². The van der Waals surface area contributed by atoms with Crippen molar-refractivity contribution in [3.05, 3.63) is 28.2 Å². The number of hydrogen-bond acceptors (Lipinski definition) is 3. The molecule has 2 rings (SSSR count). The molecule has 0 spiro atoms. The van der Waals surface area contributed by atoms with Crippen LogP contribution >= 0.6 is 15.9 Å². The molecule has 1 aliphatic rings. The first-order chi connectivity index (χ1) is 10.0. The molecule has 0 radical (unpaired) electrons. The zero-order valence-corrected chi connectivity index (χ0v) is 14.9. The van der Waals surface area contributed by atoms with Crippen molar-refractivity contribution in [3.63, 3.8) is 0 Å². The van der Waals surface area contributed by atoms with Gasteiger partial charge in [0.2, 0.25) is 0 Å². The van der Waals surface area contributed by atoms with Crippen LogP contribution in [-0.2, 0) is 11.2 Å². The minimum absolute atomic E-state index is 0.237. The summed E-state index contributed by atoms with van der Waals surface area (Å²) in [6.07, 6.45) is 3.44. The van der Waals surface area contributed by atoms with Gasteiger partial charge in [-0.05, 0) is 42.9 Å². The second kappa shape index (κ2) is 7.61. The van der Waals surface area contributed by atoms with E-state index in [9.17, 15) is 0 Å². The number of hydrogen-bond donors (Lipinski definition) is 1. The molecular weight excluding hydrogens is 328 g/mol. The van der Waals surface area contributed by atoms with Gasteiger partial charge in [-0.2, -0.15) is 0 Å². The Labute approximate surface area is 137 Å². The number of piperidine rings is 1. The summed E-state index contributed by atoms with van der Waals surface area (Å²) < 4.78 is 6.77. The molecule has 1 aromatic carbocycles. The molecule has 1 aromatic rings. The molecule has 1 aliphatic heterocycles. The minimum Gasteiger partial charge on any atom is -0.379 e. The van der Waals surface area contributed by atoms with Crippen LogP contribution in [0.4, 0.5) is 5.69 Å². The van der Waals surface area contributed by atoms with Gasteiger partial charge in [0.1, 0.15) is 0 Å². The predicted octanol–water partition coefficient (Wildman–Crippen LogP) is 3.59. The fourth-order valence-electron chi connectivity index (χ4n) is 2.90. The van der Waals surface area contributed by atoms with Crippen LogP contribution in [0.5, 0.6) is 0 Å². The molecule has 3 nitrogen and oxygen atoms in total. The number of halogens is 1. The lowest BCUT2D eigenvalue weighted by Gasteiger charge is -2.37. The number of ether oxygens (including phenoxy) is 1. The lowest BCUT2D eigenvalue weighted by Crippen LogP contribution is -2.43. The monoisotopic (exact) mass is 354 g/mol. The van der Waals surface area contributed by atoms with E-state index in [4.69, 9.17) is 10.5 Å². The lowest BCUT2D eigenvalue weighted by atomic mass is 9.95. The van der Waals surface area contributed by atoms with Crippen LogP contribution in [0.3, 0.4) is 0 Å². The van der Waals surface area contributed by atoms with E-state index in [1.807, 2.05) is 7.11 Å². The number of anilines is 1. The smallest absolute Gasteiger partial charge is 0.0772 e. The molecule has 0 amide bonds. The maximum atomic E-state index is 6.06. The van der Waals surface area contributed by atoms with Crippen LogP contribution in [0.25, 0.3) is 0 Å². The molecule has 3 unspecified atom stereocenters. The topological polar surface area (TPSA) is 38.5 Å². The molecule has 21 heavy (non-hydrogen) atoms. The first-order valence-electron chi connectivity index (χ1n) is 7.86. The Bertz CT molecular complexity index is 466. The molecule has 4 heteroatoms. The number of nitrogens with two attached hydrogens (primary N) is 1. The largest absolute Gasteiger partial charge is 0.379 e. The second-order valence-corrected chi connectivity index (χ2v) is 6.99.